The number of rotatable bonds is 2. The molecule has 0 saturated heterocycles. The third-order valence-corrected chi connectivity index (χ3v) is 3.56. The number of halogens is 1. The van der Waals surface area contributed by atoms with Gasteiger partial charge in [-0.05, 0) is 25.5 Å². The highest BCUT2D eigenvalue weighted by Crippen LogP contribution is 2.31. The van der Waals surface area contributed by atoms with Crippen molar-refractivity contribution in [3.8, 4) is 10.6 Å². The van der Waals surface area contributed by atoms with Gasteiger partial charge in [-0.25, -0.2) is 9.37 Å². The minimum Gasteiger partial charge on any atom is -0.388 e. The summed E-state index contributed by atoms with van der Waals surface area (Å²) in [6.45, 7) is 3.39. The van der Waals surface area contributed by atoms with Crippen LogP contribution in [-0.4, -0.2) is 10.1 Å². The molecule has 0 bridgehead atoms. The zero-order chi connectivity index (χ0) is 11.7. The molecule has 1 aromatic carbocycles. The van der Waals surface area contributed by atoms with Gasteiger partial charge < -0.3 is 5.11 Å². The molecule has 2 nitrogen and oxygen atoms in total. The third-order valence-electron chi connectivity index (χ3n) is 2.36. The van der Waals surface area contributed by atoms with E-state index in [4.69, 9.17) is 0 Å². The Morgan fingerprint density at radius 1 is 1.44 bits per heavy atom. The van der Waals surface area contributed by atoms with Crippen molar-refractivity contribution in [2.45, 2.75) is 20.0 Å². The molecule has 0 aliphatic rings. The van der Waals surface area contributed by atoms with Crippen LogP contribution in [0.15, 0.2) is 24.4 Å². The van der Waals surface area contributed by atoms with E-state index in [0.717, 1.165) is 4.88 Å². The largest absolute Gasteiger partial charge is 0.388 e. The first kappa shape index (κ1) is 11.2. The van der Waals surface area contributed by atoms with Crippen molar-refractivity contribution in [3.63, 3.8) is 0 Å². The lowest BCUT2D eigenvalue weighted by molar-refractivity contribution is 0.203. The molecule has 0 radical (unpaired) electrons. The number of aliphatic hydroxyl groups excluding tert-OH is 1. The molecule has 84 valence electrons. The molecular formula is C12H12FNOS. The average Bonchev–Trinajstić information content (AvgIpc) is 2.71. The van der Waals surface area contributed by atoms with Gasteiger partial charge in [-0.15, -0.1) is 11.3 Å². The van der Waals surface area contributed by atoms with Crippen LogP contribution in [0.2, 0.25) is 0 Å². The van der Waals surface area contributed by atoms with Crippen LogP contribution in [0.4, 0.5) is 4.39 Å². The minimum absolute atomic E-state index is 0.242. The van der Waals surface area contributed by atoms with Crippen LogP contribution in [-0.2, 0) is 0 Å². The van der Waals surface area contributed by atoms with E-state index in [1.165, 1.54) is 11.3 Å². The monoisotopic (exact) mass is 237 g/mol. The number of hydrogen-bond donors (Lipinski definition) is 1. The van der Waals surface area contributed by atoms with Crippen LogP contribution in [0, 0.1) is 12.7 Å². The molecule has 1 unspecified atom stereocenters. The van der Waals surface area contributed by atoms with Crippen LogP contribution in [0.3, 0.4) is 0 Å². The van der Waals surface area contributed by atoms with Crippen molar-refractivity contribution >= 4 is 11.3 Å². The summed E-state index contributed by atoms with van der Waals surface area (Å²) in [5.41, 5.74) is 1.10. The maximum absolute atomic E-state index is 13.8. The smallest absolute Gasteiger partial charge is 0.136 e. The standard InChI is InChI=1S/C12H12FNOS/c1-7-4-3-5-9(11(7)13)12-14-6-10(16-12)8(2)15/h3-6,8,15H,1-2H3. The molecule has 1 aromatic heterocycles. The molecule has 1 heterocycles. The summed E-state index contributed by atoms with van der Waals surface area (Å²) in [6.07, 6.45) is 1.03. The van der Waals surface area contributed by atoms with Gasteiger partial charge >= 0.3 is 0 Å². The first-order valence-electron chi connectivity index (χ1n) is 4.99. The fourth-order valence-electron chi connectivity index (χ4n) is 1.42. The fraction of sp³-hybridized carbons (Fsp3) is 0.250. The van der Waals surface area contributed by atoms with Gasteiger partial charge in [-0.1, -0.05) is 12.1 Å². The van der Waals surface area contributed by atoms with Crippen LogP contribution in [0.5, 0.6) is 0 Å². The molecule has 0 amide bonds. The van der Waals surface area contributed by atoms with Gasteiger partial charge in [-0.3, -0.25) is 0 Å². The van der Waals surface area contributed by atoms with E-state index in [-0.39, 0.29) is 5.82 Å². The quantitative estimate of drug-likeness (QED) is 0.869. The highest BCUT2D eigenvalue weighted by Gasteiger charge is 2.12. The normalized spacial score (nSPS) is 12.8. The maximum atomic E-state index is 13.8. The number of aromatic nitrogens is 1. The second kappa shape index (κ2) is 4.31. The summed E-state index contributed by atoms with van der Waals surface area (Å²) in [5, 5.41) is 9.99. The van der Waals surface area contributed by atoms with Gasteiger partial charge in [0.05, 0.1) is 11.0 Å². The molecule has 16 heavy (non-hydrogen) atoms. The summed E-state index contributed by atoms with van der Waals surface area (Å²) in [7, 11) is 0. The molecule has 2 aromatic rings. The summed E-state index contributed by atoms with van der Waals surface area (Å²) in [6, 6.07) is 5.23. The Labute approximate surface area is 97.4 Å². The molecule has 2 rings (SSSR count). The first-order chi connectivity index (χ1) is 7.59. The highest BCUT2D eigenvalue weighted by atomic mass is 32.1. The molecule has 4 heteroatoms. The second-order valence-electron chi connectivity index (χ2n) is 3.68. The molecule has 0 spiro atoms. The Balaban J connectivity index is 2.47. The predicted octanol–water partition coefficient (Wildman–Crippen LogP) is 3.31. The molecular weight excluding hydrogens is 225 g/mol. The van der Waals surface area contributed by atoms with Gasteiger partial charge in [0.25, 0.3) is 0 Å². The van der Waals surface area contributed by atoms with Gasteiger partial charge in [0.15, 0.2) is 0 Å². The summed E-state index contributed by atoms with van der Waals surface area (Å²) >= 11 is 1.32. The van der Waals surface area contributed by atoms with Crippen LogP contribution in [0.1, 0.15) is 23.5 Å². The van der Waals surface area contributed by atoms with Gasteiger partial charge in [0, 0.05) is 11.8 Å². The maximum Gasteiger partial charge on any atom is 0.136 e. The Morgan fingerprint density at radius 3 is 2.81 bits per heavy atom. The lowest BCUT2D eigenvalue weighted by Crippen LogP contribution is -1.86. The van der Waals surface area contributed by atoms with E-state index < -0.39 is 6.10 Å². The zero-order valence-corrected chi connectivity index (χ0v) is 9.88. The van der Waals surface area contributed by atoms with Crippen molar-refractivity contribution in [3.05, 3.63) is 40.7 Å². The van der Waals surface area contributed by atoms with Crippen molar-refractivity contribution in [1.29, 1.82) is 0 Å². The van der Waals surface area contributed by atoms with Crippen molar-refractivity contribution in [2.24, 2.45) is 0 Å². The Kier molecular flexibility index (Phi) is 3.03. The summed E-state index contributed by atoms with van der Waals surface area (Å²) in [4.78, 5) is 4.87. The molecule has 0 fully saturated rings. The number of nitrogens with zero attached hydrogens (tertiary/aromatic N) is 1. The van der Waals surface area contributed by atoms with Crippen molar-refractivity contribution in [2.75, 3.05) is 0 Å². The molecule has 0 aliphatic heterocycles. The molecule has 0 aliphatic carbocycles. The summed E-state index contributed by atoms with van der Waals surface area (Å²) < 4.78 is 13.8. The first-order valence-corrected chi connectivity index (χ1v) is 5.80. The SMILES string of the molecule is Cc1cccc(-c2ncc(C(C)O)s2)c1F. The number of aryl methyl sites for hydroxylation is 1. The average molecular weight is 237 g/mol. The van der Waals surface area contributed by atoms with Crippen molar-refractivity contribution < 1.29 is 9.50 Å². The van der Waals surface area contributed by atoms with E-state index in [0.29, 0.717) is 16.1 Å². The Morgan fingerprint density at radius 2 is 2.19 bits per heavy atom. The van der Waals surface area contributed by atoms with E-state index >= 15 is 0 Å². The van der Waals surface area contributed by atoms with Crippen LogP contribution >= 0.6 is 11.3 Å². The van der Waals surface area contributed by atoms with Crippen molar-refractivity contribution in [1.82, 2.24) is 4.98 Å². The van der Waals surface area contributed by atoms with E-state index in [2.05, 4.69) is 4.98 Å². The Hall–Kier alpha value is -1.26. The van der Waals surface area contributed by atoms with Gasteiger partial charge in [0.1, 0.15) is 10.8 Å². The van der Waals surface area contributed by atoms with Gasteiger partial charge in [0.2, 0.25) is 0 Å². The van der Waals surface area contributed by atoms with E-state index in [9.17, 15) is 9.50 Å². The lowest BCUT2D eigenvalue weighted by atomic mass is 10.1. The topological polar surface area (TPSA) is 33.1 Å². The highest BCUT2D eigenvalue weighted by molar-refractivity contribution is 7.15. The van der Waals surface area contributed by atoms with E-state index in [1.807, 2.05) is 0 Å². The molecule has 0 saturated carbocycles. The fourth-order valence-corrected chi connectivity index (χ4v) is 2.29. The van der Waals surface area contributed by atoms with E-state index in [1.54, 1.807) is 38.2 Å². The number of thiazole rings is 1. The zero-order valence-electron chi connectivity index (χ0n) is 9.07. The predicted molar refractivity (Wildman–Crippen MR) is 62.9 cm³/mol. The number of aliphatic hydroxyl groups is 1. The van der Waals surface area contributed by atoms with Crippen LogP contribution < -0.4 is 0 Å². The summed E-state index contributed by atoms with van der Waals surface area (Å²) in [5.74, 6) is -0.242. The lowest BCUT2D eigenvalue weighted by Gasteiger charge is -2.01. The Bertz CT molecular complexity index is 507. The molecule has 1 N–H and O–H groups in total. The third kappa shape index (κ3) is 1.99. The second-order valence-corrected chi connectivity index (χ2v) is 4.74. The minimum atomic E-state index is -0.556. The number of hydrogen-bond acceptors (Lipinski definition) is 3. The number of benzene rings is 1. The van der Waals surface area contributed by atoms with Crippen LogP contribution in [0.25, 0.3) is 10.6 Å². The van der Waals surface area contributed by atoms with Gasteiger partial charge in [-0.2, -0.15) is 0 Å². The molecule has 1 atom stereocenters.